The molecular formula is C28H23F5N4O2. The number of ketones is 2. The van der Waals surface area contributed by atoms with Crippen LogP contribution >= 0.6 is 0 Å². The van der Waals surface area contributed by atoms with Crippen molar-refractivity contribution in [3.63, 3.8) is 0 Å². The van der Waals surface area contributed by atoms with E-state index in [4.69, 9.17) is 0 Å². The molecule has 0 aliphatic heterocycles. The van der Waals surface area contributed by atoms with Crippen molar-refractivity contribution in [1.82, 2.24) is 14.6 Å². The van der Waals surface area contributed by atoms with Crippen molar-refractivity contribution >= 4 is 22.9 Å². The van der Waals surface area contributed by atoms with Crippen molar-refractivity contribution in [1.29, 1.82) is 0 Å². The van der Waals surface area contributed by atoms with E-state index in [0.29, 0.717) is 29.2 Å². The van der Waals surface area contributed by atoms with E-state index >= 15 is 0 Å². The Morgan fingerprint density at radius 3 is 2.51 bits per heavy atom. The SMILES string of the molecule is Cc1cc(-c2cnc3c(NCCC(F)(F)F)cc(C(=O)c4cc(F)ccc4F)nn23)ccc1C(=O)CC1CC1. The van der Waals surface area contributed by atoms with Gasteiger partial charge in [-0.1, -0.05) is 12.1 Å². The third-order valence-electron chi connectivity index (χ3n) is 6.59. The number of Topliss-reactive ketones (excluding diaryl/α,β-unsaturated/α-hetero) is 1. The Hall–Kier alpha value is -4.15. The summed E-state index contributed by atoms with van der Waals surface area (Å²) in [5.74, 6) is -2.27. The van der Waals surface area contributed by atoms with Crippen LogP contribution in [0.25, 0.3) is 16.9 Å². The van der Waals surface area contributed by atoms with Crippen LogP contribution in [0.3, 0.4) is 0 Å². The third-order valence-corrected chi connectivity index (χ3v) is 6.59. The lowest BCUT2D eigenvalue weighted by atomic mass is 9.98. The standard InChI is InChI=1S/C28H23F5N4O2/c1-15-10-17(4-6-19(15)25(38)11-16-2-3-16)24-14-35-27-23(34-9-8-28(31,32)33)13-22(36-37(24)27)26(39)20-12-18(29)5-7-21(20)30/h4-7,10,12-14,16,34H,2-3,8-9,11H2,1H3. The molecule has 0 atom stereocenters. The van der Waals surface area contributed by atoms with Gasteiger partial charge < -0.3 is 5.32 Å². The van der Waals surface area contributed by atoms with Crippen molar-refractivity contribution in [2.75, 3.05) is 11.9 Å². The van der Waals surface area contributed by atoms with Crippen molar-refractivity contribution in [2.24, 2.45) is 5.92 Å². The Morgan fingerprint density at radius 2 is 1.82 bits per heavy atom. The Kier molecular flexibility index (Phi) is 6.92. The Balaban J connectivity index is 1.57. The molecular weight excluding hydrogens is 519 g/mol. The number of alkyl halides is 3. The lowest BCUT2D eigenvalue weighted by Gasteiger charge is -2.13. The van der Waals surface area contributed by atoms with Gasteiger partial charge in [0.2, 0.25) is 5.78 Å². The van der Waals surface area contributed by atoms with E-state index in [0.717, 1.165) is 36.6 Å². The van der Waals surface area contributed by atoms with Crippen LogP contribution in [0, 0.1) is 24.5 Å². The van der Waals surface area contributed by atoms with Crippen LogP contribution in [-0.2, 0) is 0 Å². The van der Waals surface area contributed by atoms with E-state index in [9.17, 15) is 31.5 Å². The molecule has 0 bridgehead atoms. The number of aryl methyl sites for hydroxylation is 1. The molecule has 6 nitrogen and oxygen atoms in total. The number of carbonyl (C=O) groups excluding carboxylic acids is 2. The second-order valence-corrected chi connectivity index (χ2v) is 9.67. The zero-order valence-electron chi connectivity index (χ0n) is 20.8. The number of carbonyl (C=O) groups is 2. The summed E-state index contributed by atoms with van der Waals surface area (Å²) in [5.41, 5.74) is 1.61. The van der Waals surface area contributed by atoms with Crippen LogP contribution in [0.4, 0.5) is 27.6 Å². The summed E-state index contributed by atoms with van der Waals surface area (Å²) in [4.78, 5) is 30.1. The van der Waals surface area contributed by atoms with Crippen molar-refractivity contribution in [3.05, 3.63) is 82.7 Å². The van der Waals surface area contributed by atoms with E-state index < -0.39 is 42.1 Å². The predicted molar refractivity (Wildman–Crippen MR) is 134 cm³/mol. The summed E-state index contributed by atoms with van der Waals surface area (Å²) < 4.78 is 67.7. The lowest BCUT2D eigenvalue weighted by Crippen LogP contribution is -2.16. The van der Waals surface area contributed by atoms with Gasteiger partial charge in [0.05, 0.1) is 29.6 Å². The maximum atomic E-state index is 14.4. The highest BCUT2D eigenvalue weighted by molar-refractivity contribution is 6.08. The van der Waals surface area contributed by atoms with Gasteiger partial charge in [-0.25, -0.2) is 18.3 Å². The van der Waals surface area contributed by atoms with Crippen molar-refractivity contribution in [2.45, 2.75) is 38.8 Å². The van der Waals surface area contributed by atoms with E-state index in [1.54, 1.807) is 25.1 Å². The number of imidazole rings is 1. The summed E-state index contributed by atoms with van der Waals surface area (Å²) in [6.45, 7) is 1.29. The van der Waals surface area contributed by atoms with Gasteiger partial charge in [-0.2, -0.15) is 18.3 Å². The van der Waals surface area contributed by atoms with Gasteiger partial charge in [0.25, 0.3) is 0 Å². The highest BCUT2D eigenvalue weighted by Crippen LogP contribution is 2.34. The summed E-state index contributed by atoms with van der Waals surface area (Å²) in [6.07, 6.45) is -1.53. The second-order valence-electron chi connectivity index (χ2n) is 9.67. The number of nitrogens with one attached hydrogen (secondary N) is 1. The highest BCUT2D eigenvalue weighted by atomic mass is 19.4. The van der Waals surface area contributed by atoms with E-state index in [-0.39, 0.29) is 22.8 Å². The van der Waals surface area contributed by atoms with Crippen LogP contribution < -0.4 is 5.32 Å². The number of rotatable bonds is 9. The fraction of sp³-hybridized carbons (Fsp3) is 0.286. The van der Waals surface area contributed by atoms with Gasteiger partial charge in [-0.3, -0.25) is 9.59 Å². The van der Waals surface area contributed by atoms with Gasteiger partial charge in [0.15, 0.2) is 11.4 Å². The highest BCUT2D eigenvalue weighted by Gasteiger charge is 2.28. The molecule has 1 aliphatic rings. The zero-order chi connectivity index (χ0) is 27.9. The molecule has 4 aromatic rings. The molecule has 11 heteroatoms. The average molecular weight is 543 g/mol. The predicted octanol–water partition coefficient (Wildman–Crippen LogP) is 6.56. The maximum absolute atomic E-state index is 14.4. The molecule has 0 saturated heterocycles. The molecule has 2 heterocycles. The second kappa shape index (κ2) is 10.2. The molecule has 1 fully saturated rings. The zero-order valence-corrected chi connectivity index (χ0v) is 20.8. The minimum Gasteiger partial charge on any atom is -0.382 e. The smallest absolute Gasteiger partial charge is 0.382 e. The van der Waals surface area contributed by atoms with E-state index in [1.165, 1.54) is 16.8 Å². The largest absolute Gasteiger partial charge is 0.390 e. The first kappa shape index (κ1) is 26.5. The summed E-state index contributed by atoms with van der Waals surface area (Å²) in [7, 11) is 0. The number of nitrogens with zero attached hydrogens (tertiary/aromatic N) is 3. The monoisotopic (exact) mass is 542 g/mol. The number of benzene rings is 2. The molecule has 0 unspecified atom stereocenters. The molecule has 202 valence electrons. The Labute approximate surface area is 219 Å². The number of aromatic nitrogens is 3. The van der Waals surface area contributed by atoms with Crippen molar-refractivity contribution in [3.8, 4) is 11.3 Å². The number of anilines is 1. The molecule has 0 amide bonds. The van der Waals surface area contributed by atoms with E-state index in [2.05, 4.69) is 15.4 Å². The molecule has 0 radical (unpaired) electrons. The third kappa shape index (κ3) is 5.81. The average Bonchev–Trinajstić information content (AvgIpc) is 3.58. The fourth-order valence-electron chi connectivity index (χ4n) is 4.38. The van der Waals surface area contributed by atoms with Gasteiger partial charge in [0, 0.05) is 24.1 Å². The van der Waals surface area contributed by atoms with Gasteiger partial charge in [-0.15, -0.1) is 0 Å². The Bertz CT molecular complexity index is 1590. The first-order valence-corrected chi connectivity index (χ1v) is 12.3. The van der Waals surface area contributed by atoms with E-state index in [1.807, 2.05) is 0 Å². The van der Waals surface area contributed by atoms with Crippen LogP contribution in [-0.4, -0.2) is 38.9 Å². The quantitative estimate of drug-likeness (QED) is 0.192. The summed E-state index contributed by atoms with van der Waals surface area (Å²) >= 11 is 0. The molecule has 2 aromatic heterocycles. The first-order chi connectivity index (χ1) is 18.5. The fourth-order valence-corrected chi connectivity index (χ4v) is 4.38. The van der Waals surface area contributed by atoms with Crippen molar-refractivity contribution < 1.29 is 31.5 Å². The molecule has 1 aliphatic carbocycles. The summed E-state index contributed by atoms with van der Waals surface area (Å²) in [5, 5.41) is 6.93. The minimum atomic E-state index is -4.42. The number of hydrogen-bond donors (Lipinski definition) is 1. The molecule has 2 aromatic carbocycles. The molecule has 1 saturated carbocycles. The lowest BCUT2D eigenvalue weighted by molar-refractivity contribution is -0.131. The minimum absolute atomic E-state index is 0.0546. The number of hydrogen-bond acceptors (Lipinski definition) is 5. The normalized spacial score (nSPS) is 13.6. The molecule has 0 spiro atoms. The Morgan fingerprint density at radius 1 is 1.05 bits per heavy atom. The van der Waals surface area contributed by atoms with Crippen LogP contribution in [0.2, 0.25) is 0 Å². The summed E-state index contributed by atoms with van der Waals surface area (Å²) in [6, 6.07) is 8.74. The first-order valence-electron chi connectivity index (χ1n) is 12.3. The van der Waals surface area contributed by atoms with Gasteiger partial charge in [0.1, 0.15) is 17.3 Å². The molecule has 1 N–H and O–H groups in total. The number of fused-ring (bicyclic) bond motifs is 1. The topological polar surface area (TPSA) is 76.4 Å². The van der Waals surface area contributed by atoms with Crippen LogP contribution in [0.15, 0.2) is 48.7 Å². The maximum Gasteiger partial charge on any atom is 0.390 e. The van der Waals surface area contributed by atoms with Gasteiger partial charge in [-0.05, 0) is 61.6 Å². The molecule has 5 rings (SSSR count). The van der Waals surface area contributed by atoms with Crippen LogP contribution in [0.5, 0.6) is 0 Å². The van der Waals surface area contributed by atoms with Crippen LogP contribution in [0.1, 0.15) is 57.7 Å². The number of halogens is 5. The van der Waals surface area contributed by atoms with Gasteiger partial charge >= 0.3 is 6.18 Å². The molecule has 39 heavy (non-hydrogen) atoms.